The lowest BCUT2D eigenvalue weighted by atomic mass is 10.0. The van der Waals surface area contributed by atoms with Crippen molar-refractivity contribution >= 4 is 87.5 Å². The average Bonchev–Trinajstić information content (AvgIpc) is 3.91. The maximum Gasteiger partial charge on any atom is 0.136 e. The maximum absolute atomic E-state index is 10.8. The number of hydrogen-bond donors (Lipinski definition) is 0. The van der Waals surface area contributed by atoms with Crippen LogP contribution in [0.1, 0.15) is 11.1 Å². The number of para-hydroxylation sites is 4. The summed E-state index contributed by atoms with van der Waals surface area (Å²) in [6.45, 7) is 0. The van der Waals surface area contributed by atoms with E-state index in [9.17, 15) is 10.5 Å². The molecule has 7 aromatic carbocycles. The van der Waals surface area contributed by atoms with Crippen LogP contribution in [0.4, 0.5) is 0 Å². The minimum atomic E-state index is 0.458. The van der Waals surface area contributed by atoms with E-state index >= 15 is 0 Å². The van der Waals surface area contributed by atoms with Gasteiger partial charge in [-0.15, -0.1) is 0 Å². The number of hydrogen-bond acceptors (Lipinski definition) is 4. The Bertz CT molecular complexity index is 3130. The van der Waals surface area contributed by atoms with E-state index in [-0.39, 0.29) is 0 Å². The van der Waals surface area contributed by atoms with Gasteiger partial charge in [0.1, 0.15) is 34.5 Å². The lowest BCUT2D eigenvalue weighted by Crippen LogP contribution is -2.08. The van der Waals surface area contributed by atoms with Crippen molar-refractivity contribution in [2.75, 3.05) is 0 Å². The van der Waals surface area contributed by atoms with E-state index in [1.807, 2.05) is 72.8 Å². The van der Waals surface area contributed by atoms with Crippen molar-refractivity contribution in [1.29, 1.82) is 10.5 Å². The molecule has 0 fully saturated rings. The summed E-state index contributed by atoms with van der Waals surface area (Å²) in [7, 11) is 0. The van der Waals surface area contributed by atoms with Crippen LogP contribution in [0, 0.1) is 22.7 Å². The highest BCUT2D eigenvalue weighted by Crippen LogP contribution is 2.46. The Morgan fingerprint density at radius 1 is 0.360 bits per heavy atom. The molecule has 11 aromatic rings. The fraction of sp³-hybridized carbons (Fsp3) is 0. The van der Waals surface area contributed by atoms with Gasteiger partial charge in [-0.25, -0.2) is 0 Å². The Morgan fingerprint density at radius 3 is 1.20 bits per heavy atom. The molecule has 4 heterocycles. The van der Waals surface area contributed by atoms with Gasteiger partial charge >= 0.3 is 0 Å². The Balaban J connectivity index is 1.37. The van der Waals surface area contributed by atoms with Gasteiger partial charge in [0.2, 0.25) is 0 Å². The van der Waals surface area contributed by atoms with E-state index in [1.165, 1.54) is 0 Å². The Kier molecular flexibility index (Phi) is 5.16. The summed E-state index contributed by atoms with van der Waals surface area (Å²) in [4.78, 5) is 0. The van der Waals surface area contributed by atoms with Crippen LogP contribution in [0.15, 0.2) is 142 Å². The minimum absolute atomic E-state index is 0.458. The molecular weight excluding hydrogens is 617 g/mol. The summed E-state index contributed by atoms with van der Waals surface area (Å²) in [5.74, 6) is 0. The van der Waals surface area contributed by atoms with Crippen LogP contribution >= 0.6 is 0 Å². The molecule has 0 atom stereocenters. The summed E-state index contributed by atoms with van der Waals surface area (Å²) in [5, 5.41) is 29.8. The first-order chi connectivity index (χ1) is 24.7. The smallest absolute Gasteiger partial charge is 0.136 e. The van der Waals surface area contributed by atoms with Gasteiger partial charge in [0, 0.05) is 43.1 Å². The highest BCUT2D eigenvalue weighted by Gasteiger charge is 2.27. The Morgan fingerprint density at radius 2 is 0.760 bits per heavy atom. The van der Waals surface area contributed by atoms with Crippen molar-refractivity contribution in [2.45, 2.75) is 0 Å². The SMILES string of the molecule is N#Cc1ccc(C#N)c(-n2c3ccccc3c3c4c(ccc32)oc2ccccc24)c1-n1c2ccccc2c2c3c(ccc21)oc1ccccc13. The molecule has 6 heteroatoms. The standard InChI is InChI=1S/C44H22N4O2/c45-23-25-17-18-26(24-46)44(48-32-14-6-2-10-28(32)40-34(48)20-22-38-42(40)30-12-4-8-16-36(30)50-38)43(25)47-31-13-5-1-9-27(31)39-33(47)19-21-37-41(39)29-11-3-7-15-35(29)49-37/h1-22H. The molecule has 0 radical (unpaired) electrons. The van der Waals surface area contributed by atoms with Crippen LogP contribution in [-0.4, -0.2) is 9.13 Å². The van der Waals surface area contributed by atoms with E-state index in [0.717, 1.165) is 87.5 Å². The molecule has 4 aromatic heterocycles. The first-order valence-electron chi connectivity index (χ1n) is 16.4. The van der Waals surface area contributed by atoms with E-state index in [0.29, 0.717) is 22.5 Å². The summed E-state index contributed by atoms with van der Waals surface area (Å²) in [5.41, 5.74) is 9.13. The van der Waals surface area contributed by atoms with E-state index in [4.69, 9.17) is 8.83 Å². The van der Waals surface area contributed by atoms with Gasteiger partial charge in [0.05, 0.1) is 44.6 Å². The van der Waals surface area contributed by atoms with Crippen molar-refractivity contribution in [2.24, 2.45) is 0 Å². The molecule has 0 aliphatic rings. The number of aromatic nitrogens is 2. The van der Waals surface area contributed by atoms with Crippen molar-refractivity contribution in [3.05, 3.63) is 145 Å². The molecule has 0 N–H and O–H groups in total. The second-order valence-corrected chi connectivity index (χ2v) is 12.6. The zero-order valence-corrected chi connectivity index (χ0v) is 26.3. The molecule has 0 aliphatic carbocycles. The number of nitriles is 2. The van der Waals surface area contributed by atoms with Crippen molar-refractivity contribution in [1.82, 2.24) is 9.13 Å². The fourth-order valence-electron chi connectivity index (χ4n) is 8.24. The molecule has 230 valence electrons. The van der Waals surface area contributed by atoms with Crippen molar-refractivity contribution in [3.63, 3.8) is 0 Å². The first kappa shape index (κ1) is 26.8. The van der Waals surface area contributed by atoms with Crippen LogP contribution in [0.3, 0.4) is 0 Å². The molecule has 0 amide bonds. The van der Waals surface area contributed by atoms with Crippen LogP contribution in [0.25, 0.3) is 98.9 Å². The van der Waals surface area contributed by atoms with Crippen LogP contribution in [0.2, 0.25) is 0 Å². The number of benzene rings is 7. The van der Waals surface area contributed by atoms with Gasteiger partial charge in [-0.3, -0.25) is 0 Å². The Hall–Kier alpha value is -7.28. The molecule has 0 aliphatic heterocycles. The third kappa shape index (κ3) is 3.29. The Labute approximate surface area is 283 Å². The van der Waals surface area contributed by atoms with E-state index in [2.05, 4.69) is 69.8 Å². The van der Waals surface area contributed by atoms with Gasteiger partial charge in [-0.2, -0.15) is 10.5 Å². The topological polar surface area (TPSA) is 83.7 Å². The highest BCUT2D eigenvalue weighted by molar-refractivity contribution is 6.29. The second kappa shape index (κ2) is 9.64. The van der Waals surface area contributed by atoms with Gasteiger partial charge in [-0.1, -0.05) is 72.8 Å². The monoisotopic (exact) mass is 638 g/mol. The lowest BCUT2D eigenvalue weighted by Gasteiger charge is -2.19. The fourth-order valence-corrected chi connectivity index (χ4v) is 8.24. The van der Waals surface area contributed by atoms with E-state index in [1.54, 1.807) is 12.1 Å². The van der Waals surface area contributed by atoms with Crippen LogP contribution < -0.4 is 0 Å². The number of fused-ring (bicyclic) bond motifs is 14. The molecule has 6 nitrogen and oxygen atoms in total. The molecule has 0 saturated heterocycles. The highest BCUT2D eigenvalue weighted by atomic mass is 16.3. The molecule has 0 saturated carbocycles. The summed E-state index contributed by atoms with van der Waals surface area (Å²) in [6, 6.07) is 49.4. The third-order valence-corrected chi connectivity index (χ3v) is 10.2. The molecule has 50 heavy (non-hydrogen) atoms. The normalized spacial score (nSPS) is 12.0. The zero-order valence-electron chi connectivity index (χ0n) is 26.3. The van der Waals surface area contributed by atoms with Gasteiger partial charge < -0.3 is 18.0 Å². The predicted octanol–water partition coefficient (Wildman–Crippen LogP) is 11.4. The van der Waals surface area contributed by atoms with Crippen molar-refractivity contribution < 1.29 is 8.83 Å². The predicted molar refractivity (Wildman–Crippen MR) is 199 cm³/mol. The first-order valence-corrected chi connectivity index (χ1v) is 16.4. The lowest BCUT2D eigenvalue weighted by molar-refractivity contribution is 0.669. The van der Waals surface area contributed by atoms with Crippen LogP contribution in [-0.2, 0) is 0 Å². The van der Waals surface area contributed by atoms with E-state index < -0.39 is 0 Å². The number of furan rings is 2. The molecule has 0 unspecified atom stereocenters. The number of nitrogens with zero attached hydrogens (tertiary/aromatic N) is 4. The van der Waals surface area contributed by atoms with Gasteiger partial charge in [0.15, 0.2) is 0 Å². The minimum Gasteiger partial charge on any atom is -0.456 e. The molecule has 0 bridgehead atoms. The van der Waals surface area contributed by atoms with Crippen molar-refractivity contribution in [3.8, 4) is 23.5 Å². The average molecular weight is 639 g/mol. The zero-order chi connectivity index (χ0) is 33.1. The van der Waals surface area contributed by atoms with Crippen LogP contribution in [0.5, 0.6) is 0 Å². The molecule has 11 rings (SSSR count). The van der Waals surface area contributed by atoms with Gasteiger partial charge in [-0.05, 0) is 60.7 Å². The quantitative estimate of drug-likeness (QED) is 0.189. The molecule has 0 spiro atoms. The summed E-state index contributed by atoms with van der Waals surface area (Å²) >= 11 is 0. The third-order valence-electron chi connectivity index (χ3n) is 10.2. The summed E-state index contributed by atoms with van der Waals surface area (Å²) in [6.07, 6.45) is 0. The summed E-state index contributed by atoms with van der Waals surface area (Å²) < 4.78 is 17.0. The second-order valence-electron chi connectivity index (χ2n) is 12.6. The number of rotatable bonds is 2. The maximum atomic E-state index is 10.8. The van der Waals surface area contributed by atoms with Gasteiger partial charge in [0.25, 0.3) is 0 Å². The largest absolute Gasteiger partial charge is 0.456 e. The molecular formula is C44H22N4O2.